The van der Waals surface area contributed by atoms with Crippen molar-refractivity contribution in [1.82, 2.24) is 30.2 Å². The molecule has 6 rings (SSSR count). The summed E-state index contributed by atoms with van der Waals surface area (Å²) in [5, 5.41) is 6.57. The fourth-order valence-corrected chi connectivity index (χ4v) is 9.28. The monoisotopic (exact) mass is 732 g/mol. The number of hydrogen-bond acceptors (Lipinski definition) is 12. The molecule has 278 valence electrons. The topological polar surface area (TPSA) is 107 Å². The highest BCUT2D eigenvalue weighted by atomic mass is 32.2. The minimum Gasteiger partial charge on any atom is -0.444 e. The maximum Gasteiger partial charge on any atom is 0.410 e. The zero-order valence-electron chi connectivity index (χ0n) is 30.6. The van der Waals surface area contributed by atoms with E-state index < -0.39 is 5.60 Å². The van der Waals surface area contributed by atoms with Gasteiger partial charge in [-0.2, -0.15) is 35.3 Å². The maximum atomic E-state index is 11.9. The SMILES string of the molecule is C1CN(C2CCSC2)CCN1.CC(C)(C)OC(=O)N1CCN(C2CCSC2)CC1.CC(C)(C)OC(=O)N1CCNCC1.O=C1CCSC1. The molecule has 0 radical (unpaired) electrons. The summed E-state index contributed by atoms with van der Waals surface area (Å²) in [6, 6.07) is 1.64. The van der Waals surface area contributed by atoms with Gasteiger partial charge in [-0.3, -0.25) is 14.6 Å². The second-order valence-electron chi connectivity index (χ2n) is 14.9. The molecule has 2 amide bonds. The van der Waals surface area contributed by atoms with Crippen LogP contribution in [0.25, 0.3) is 0 Å². The number of nitrogens with one attached hydrogen (secondary N) is 2. The van der Waals surface area contributed by atoms with Gasteiger partial charge in [-0.15, -0.1) is 0 Å². The lowest BCUT2D eigenvalue weighted by Gasteiger charge is -2.38. The largest absolute Gasteiger partial charge is 0.444 e. The van der Waals surface area contributed by atoms with E-state index in [9.17, 15) is 14.4 Å². The molecule has 6 saturated heterocycles. The lowest BCUT2D eigenvalue weighted by Crippen LogP contribution is -2.52. The van der Waals surface area contributed by atoms with Gasteiger partial charge in [0.25, 0.3) is 0 Å². The van der Waals surface area contributed by atoms with E-state index in [1.807, 2.05) is 58.2 Å². The molecule has 6 aliphatic heterocycles. The summed E-state index contributed by atoms with van der Waals surface area (Å²) in [5.41, 5.74) is -0.779. The van der Waals surface area contributed by atoms with Crippen molar-refractivity contribution in [2.75, 3.05) is 113 Å². The van der Waals surface area contributed by atoms with Gasteiger partial charge in [0.2, 0.25) is 0 Å². The summed E-state index contributed by atoms with van der Waals surface area (Å²) < 4.78 is 10.6. The van der Waals surface area contributed by atoms with Crippen LogP contribution in [0.4, 0.5) is 9.59 Å². The number of carbonyl (C=O) groups is 3. The van der Waals surface area contributed by atoms with E-state index in [1.54, 1.807) is 16.7 Å². The number of hydrogen-bond donors (Lipinski definition) is 2. The van der Waals surface area contributed by atoms with Gasteiger partial charge in [-0.05, 0) is 65.9 Å². The van der Waals surface area contributed by atoms with Crippen molar-refractivity contribution in [3.63, 3.8) is 0 Å². The minimum atomic E-state index is -0.393. The average Bonchev–Trinajstić information content (AvgIpc) is 3.87. The van der Waals surface area contributed by atoms with E-state index in [4.69, 9.17) is 9.47 Å². The normalized spacial score (nSPS) is 25.6. The van der Waals surface area contributed by atoms with Crippen LogP contribution in [0.3, 0.4) is 0 Å². The predicted molar refractivity (Wildman–Crippen MR) is 203 cm³/mol. The molecule has 2 atom stereocenters. The molecule has 0 aromatic carbocycles. The Balaban J connectivity index is 0.000000184. The molecule has 14 heteroatoms. The minimum absolute atomic E-state index is 0.164. The Morgan fingerprint density at radius 2 is 1.06 bits per heavy atom. The van der Waals surface area contributed by atoms with Gasteiger partial charge in [0.15, 0.2) is 0 Å². The molecule has 6 aliphatic rings. The molecule has 0 aromatic rings. The first kappa shape index (κ1) is 41.5. The second kappa shape index (κ2) is 21.5. The summed E-state index contributed by atoms with van der Waals surface area (Å²) in [7, 11) is 0. The molecule has 0 saturated carbocycles. The van der Waals surface area contributed by atoms with Crippen LogP contribution in [-0.2, 0) is 14.3 Å². The molecule has 0 aliphatic carbocycles. The Hall–Kier alpha value is -0.900. The molecule has 0 aromatic heterocycles. The third-order valence-corrected chi connectivity index (χ3v) is 11.8. The van der Waals surface area contributed by atoms with Gasteiger partial charge >= 0.3 is 12.2 Å². The van der Waals surface area contributed by atoms with Crippen molar-refractivity contribution in [3.8, 4) is 0 Å². The molecule has 0 bridgehead atoms. The van der Waals surface area contributed by atoms with Crippen molar-refractivity contribution in [2.45, 2.75) is 84.1 Å². The van der Waals surface area contributed by atoms with E-state index in [-0.39, 0.29) is 17.8 Å². The van der Waals surface area contributed by atoms with Crippen molar-refractivity contribution in [3.05, 3.63) is 0 Å². The summed E-state index contributed by atoms with van der Waals surface area (Å²) in [6.45, 7) is 23.1. The highest BCUT2D eigenvalue weighted by Crippen LogP contribution is 2.24. The first-order chi connectivity index (χ1) is 22.8. The van der Waals surface area contributed by atoms with Crippen LogP contribution in [-0.4, -0.2) is 174 Å². The zero-order chi connectivity index (χ0) is 35.0. The number of ether oxygens (including phenoxy) is 2. The molecular formula is C34H64N6O5S3. The number of rotatable bonds is 2. The van der Waals surface area contributed by atoms with E-state index >= 15 is 0 Å². The quantitative estimate of drug-likeness (QED) is 0.430. The van der Waals surface area contributed by atoms with E-state index in [0.29, 0.717) is 5.78 Å². The highest BCUT2D eigenvalue weighted by Gasteiger charge is 2.30. The molecule has 6 fully saturated rings. The Bertz CT molecular complexity index is 942. The van der Waals surface area contributed by atoms with E-state index in [0.717, 1.165) is 82.4 Å². The van der Waals surface area contributed by atoms with Crippen LogP contribution in [0, 0.1) is 0 Å². The number of thioether (sulfide) groups is 3. The first-order valence-electron chi connectivity index (χ1n) is 17.9. The third-order valence-electron chi connectivity index (χ3n) is 8.52. The Morgan fingerprint density at radius 3 is 1.42 bits per heavy atom. The Labute approximate surface area is 303 Å². The van der Waals surface area contributed by atoms with Crippen LogP contribution < -0.4 is 10.6 Å². The summed E-state index contributed by atoms with van der Waals surface area (Å²) >= 11 is 5.89. The molecule has 48 heavy (non-hydrogen) atoms. The van der Waals surface area contributed by atoms with Gasteiger partial charge in [0.1, 0.15) is 17.0 Å². The number of piperazine rings is 3. The van der Waals surface area contributed by atoms with Gasteiger partial charge < -0.3 is 29.9 Å². The zero-order valence-corrected chi connectivity index (χ0v) is 33.0. The summed E-state index contributed by atoms with van der Waals surface area (Å²) in [5.74, 6) is 7.54. The number of amides is 2. The van der Waals surface area contributed by atoms with Crippen LogP contribution >= 0.6 is 35.3 Å². The third kappa shape index (κ3) is 16.9. The van der Waals surface area contributed by atoms with Gasteiger partial charge in [0.05, 0.1) is 5.75 Å². The van der Waals surface area contributed by atoms with E-state index in [2.05, 4.69) is 32.2 Å². The molecule has 2 N–H and O–H groups in total. The van der Waals surface area contributed by atoms with Crippen molar-refractivity contribution >= 4 is 53.3 Å². The lowest BCUT2D eigenvalue weighted by molar-refractivity contribution is -0.115. The standard InChI is InChI=1S/C13H24N2O2S.C9H18N2O2.C8H16N2S.C4H6OS/c1-13(2,3)17-12(16)15-7-5-14(6-8-15)11-4-9-18-10-11;1-9(2,3)13-8(12)11-6-4-10-5-7-11;1-6-11-7-8(1)10-4-2-9-3-5-10;5-4-1-2-6-3-4/h11H,4-10H2,1-3H3;10H,4-7H2,1-3H3;8-9H,1-7H2;1-3H2. The van der Waals surface area contributed by atoms with Crippen molar-refractivity contribution in [2.24, 2.45) is 0 Å². The molecule has 6 heterocycles. The van der Waals surface area contributed by atoms with Crippen LogP contribution in [0.15, 0.2) is 0 Å². The molecule has 11 nitrogen and oxygen atoms in total. The highest BCUT2D eigenvalue weighted by molar-refractivity contribution is 8.00. The molecule has 2 unspecified atom stereocenters. The van der Waals surface area contributed by atoms with Crippen molar-refractivity contribution in [1.29, 1.82) is 0 Å². The fourth-order valence-electron chi connectivity index (χ4n) is 5.88. The first-order valence-corrected chi connectivity index (χ1v) is 21.4. The van der Waals surface area contributed by atoms with Crippen molar-refractivity contribution < 1.29 is 23.9 Å². The van der Waals surface area contributed by atoms with Gasteiger partial charge in [-0.1, -0.05) is 0 Å². The number of Topliss-reactive ketones (excluding diaryl/α,β-unsaturated/α-hetero) is 1. The average molecular weight is 733 g/mol. The molecular weight excluding hydrogens is 669 g/mol. The predicted octanol–water partition coefficient (Wildman–Crippen LogP) is 3.96. The number of carbonyl (C=O) groups excluding carboxylic acids is 3. The Morgan fingerprint density at radius 1 is 0.625 bits per heavy atom. The van der Waals surface area contributed by atoms with Gasteiger partial charge in [-0.25, -0.2) is 9.59 Å². The smallest absolute Gasteiger partial charge is 0.410 e. The molecule has 0 spiro atoms. The maximum absolute atomic E-state index is 11.9. The van der Waals surface area contributed by atoms with Crippen LogP contribution in [0.1, 0.15) is 60.8 Å². The number of nitrogens with zero attached hydrogens (tertiary/aromatic N) is 4. The van der Waals surface area contributed by atoms with Gasteiger partial charge in [0, 0.05) is 114 Å². The fraction of sp³-hybridized carbons (Fsp3) is 0.912. The number of ketones is 1. The summed E-state index contributed by atoms with van der Waals surface area (Å²) in [6.07, 6.45) is 3.17. The van der Waals surface area contributed by atoms with E-state index in [1.165, 1.54) is 62.0 Å². The Kier molecular flexibility index (Phi) is 18.6. The second-order valence-corrected chi connectivity index (χ2v) is 18.3. The van der Waals surface area contributed by atoms with Crippen LogP contribution in [0.5, 0.6) is 0 Å². The summed E-state index contributed by atoms with van der Waals surface area (Å²) in [4.78, 5) is 42.4. The van der Waals surface area contributed by atoms with Crippen LogP contribution in [0.2, 0.25) is 0 Å². The lowest BCUT2D eigenvalue weighted by atomic mass is 10.2.